The predicted octanol–water partition coefficient (Wildman–Crippen LogP) is 3.09. The number of carbonyl (C=O) groups is 1. The summed E-state index contributed by atoms with van der Waals surface area (Å²) in [4.78, 5) is 12.5. The van der Waals surface area contributed by atoms with Gasteiger partial charge in [-0.25, -0.2) is 0 Å². The highest BCUT2D eigenvalue weighted by molar-refractivity contribution is 9.10. The number of carbonyl (C=O) groups excluding carboxylic acids is 1. The van der Waals surface area contributed by atoms with Crippen LogP contribution in [0.25, 0.3) is 0 Å². The van der Waals surface area contributed by atoms with E-state index in [1.165, 1.54) is 0 Å². The van der Waals surface area contributed by atoms with Gasteiger partial charge in [0.25, 0.3) is 0 Å². The number of halogens is 1. The van der Waals surface area contributed by atoms with Crippen molar-refractivity contribution in [2.45, 2.75) is 11.8 Å². The molecule has 4 nitrogen and oxygen atoms in total. The normalized spacial score (nSPS) is 11.9. The lowest BCUT2D eigenvalue weighted by Gasteiger charge is -2.08. The SMILES string of the molecule is Cc1ccc(N)cc1S(=O)CC(=O)Nc1cccc(Br)c1. The molecule has 0 saturated carbocycles. The molecule has 0 spiro atoms. The quantitative estimate of drug-likeness (QED) is 0.816. The van der Waals surface area contributed by atoms with Gasteiger partial charge in [-0.3, -0.25) is 9.00 Å². The summed E-state index contributed by atoms with van der Waals surface area (Å²) in [5.74, 6) is -0.398. The van der Waals surface area contributed by atoms with Crippen LogP contribution in [0.15, 0.2) is 51.8 Å². The van der Waals surface area contributed by atoms with Gasteiger partial charge in [0.2, 0.25) is 5.91 Å². The van der Waals surface area contributed by atoms with E-state index in [9.17, 15) is 9.00 Å². The Morgan fingerprint density at radius 1 is 1.29 bits per heavy atom. The maximum Gasteiger partial charge on any atom is 0.237 e. The van der Waals surface area contributed by atoms with Gasteiger partial charge in [-0.05, 0) is 42.8 Å². The van der Waals surface area contributed by atoms with Gasteiger partial charge in [-0.1, -0.05) is 28.1 Å². The van der Waals surface area contributed by atoms with Crippen LogP contribution in [0.4, 0.5) is 11.4 Å². The van der Waals surface area contributed by atoms with Gasteiger partial charge in [0.15, 0.2) is 0 Å². The smallest absolute Gasteiger partial charge is 0.237 e. The molecule has 1 unspecified atom stereocenters. The molecule has 0 heterocycles. The maximum absolute atomic E-state index is 12.3. The van der Waals surface area contributed by atoms with Crippen molar-refractivity contribution in [2.24, 2.45) is 0 Å². The number of aryl methyl sites for hydroxylation is 1. The van der Waals surface area contributed by atoms with Crippen LogP contribution in [0.2, 0.25) is 0 Å². The Kier molecular flexibility index (Phi) is 5.14. The minimum absolute atomic E-state index is 0.100. The Balaban J connectivity index is 2.05. The molecular weight excluding hydrogens is 352 g/mol. The molecule has 2 aromatic rings. The number of rotatable bonds is 4. The predicted molar refractivity (Wildman–Crippen MR) is 89.6 cm³/mol. The standard InChI is InChI=1S/C15H15BrN2O2S/c1-10-5-6-12(17)8-14(10)21(20)9-15(19)18-13-4-2-3-11(16)7-13/h2-8H,9,17H2,1H3,(H,18,19). The summed E-state index contributed by atoms with van der Waals surface area (Å²) in [6.45, 7) is 1.85. The molecule has 1 amide bonds. The molecule has 0 radical (unpaired) electrons. The highest BCUT2D eigenvalue weighted by atomic mass is 79.9. The fourth-order valence-corrected chi connectivity index (χ4v) is 3.38. The average molecular weight is 367 g/mol. The number of hydrogen-bond acceptors (Lipinski definition) is 3. The molecule has 0 bridgehead atoms. The number of nitrogen functional groups attached to an aromatic ring is 1. The van der Waals surface area contributed by atoms with Gasteiger partial charge in [-0.2, -0.15) is 0 Å². The van der Waals surface area contributed by atoms with Crippen LogP contribution >= 0.6 is 15.9 Å². The Morgan fingerprint density at radius 2 is 2.05 bits per heavy atom. The third-order valence-corrected chi connectivity index (χ3v) is 4.78. The Hall–Kier alpha value is -1.66. The summed E-state index contributed by atoms with van der Waals surface area (Å²) < 4.78 is 13.1. The van der Waals surface area contributed by atoms with E-state index in [2.05, 4.69) is 21.2 Å². The molecule has 6 heteroatoms. The van der Waals surface area contributed by atoms with E-state index in [1.54, 1.807) is 30.3 Å². The van der Waals surface area contributed by atoms with Crippen LogP contribution in [0.5, 0.6) is 0 Å². The van der Waals surface area contributed by atoms with Crippen LogP contribution in [0.1, 0.15) is 5.56 Å². The lowest BCUT2D eigenvalue weighted by atomic mass is 10.2. The minimum Gasteiger partial charge on any atom is -0.399 e. The zero-order valence-electron chi connectivity index (χ0n) is 11.4. The second-order valence-corrected chi connectivity index (χ2v) is 6.91. The van der Waals surface area contributed by atoms with E-state index in [0.29, 0.717) is 16.3 Å². The van der Waals surface area contributed by atoms with E-state index >= 15 is 0 Å². The third-order valence-electron chi connectivity index (χ3n) is 2.83. The number of benzene rings is 2. The molecule has 0 aromatic heterocycles. The Morgan fingerprint density at radius 3 is 2.76 bits per heavy atom. The van der Waals surface area contributed by atoms with Crippen molar-refractivity contribution in [1.29, 1.82) is 0 Å². The van der Waals surface area contributed by atoms with Gasteiger partial charge in [0, 0.05) is 20.7 Å². The van der Waals surface area contributed by atoms with Crippen molar-refractivity contribution in [3.05, 3.63) is 52.5 Å². The van der Waals surface area contributed by atoms with Gasteiger partial charge in [-0.15, -0.1) is 0 Å². The average Bonchev–Trinajstić information content (AvgIpc) is 2.41. The van der Waals surface area contributed by atoms with E-state index < -0.39 is 10.8 Å². The zero-order valence-corrected chi connectivity index (χ0v) is 13.8. The zero-order chi connectivity index (χ0) is 15.4. The van der Waals surface area contributed by atoms with Gasteiger partial charge in [0.05, 0.1) is 10.8 Å². The van der Waals surface area contributed by atoms with Crippen LogP contribution in [-0.4, -0.2) is 15.9 Å². The number of nitrogens with two attached hydrogens (primary N) is 1. The lowest BCUT2D eigenvalue weighted by Crippen LogP contribution is -2.20. The third kappa shape index (κ3) is 4.41. The van der Waals surface area contributed by atoms with Crippen molar-refractivity contribution in [3.63, 3.8) is 0 Å². The van der Waals surface area contributed by atoms with Crippen molar-refractivity contribution in [3.8, 4) is 0 Å². The molecule has 0 saturated heterocycles. The molecule has 0 aliphatic carbocycles. The largest absolute Gasteiger partial charge is 0.399 e. The number of nitrogens with one attached hydrogen (secondary N) is 1. The molecule has 0 aliphatic rings. The molecule has 2 aromatic carbocycles. The van der Waals surface area contributed by atoms with Crippen molar-refractivity contribution < 1.29 is 9.00 Å². The first-order valence-corrected chi connectivity index (χ1v) is 8.37. The first kappa shape index (κ1) is 15.7. The minimum atomic E-state index is -1.42. The molecule has 0 fully saturated rings. The van der Waals surface area contributed by atoms with E-state index in [1.807, 2.05) is 19.1 Å². The Bertz CT molecular complexity index is 704. The number of amides is 1. The van der Waals surface area contributed by atoms with Crippen molar-refractivity contribution >= 4 is 44.0 Å². The topological polar surface area (TPSA) is 72.2 Å². The van der Waals surface area contributed by atoms with Crippen LogP contribution in [0, 0.1) is 6.92 Å². The first-order chi connectivity index (χ1) is 9.95. The lowest BCUT2D eigenvalue weighted by molar-refractivity contribution is -0.113. The van der Waals surface area contributed by atoms with Gasteiger partial charge < -0.3 is 11.1 Å². The van der Waals surface area contributed by atoms with Gasteiger partial charge >= 0.3 is 0 Å². The number of anilines is 2. The second kappa shape index (κ2) is 6.87. The summed E-state index contributed by atoms with van der Waals surface area (Å²) in [5.41, 5.74) is 7.76. The van der Waals surface area contributed by atoms with E-state index in [0.717, 1.165) is 10.0 Å². The molecule has 0 aliphatic heterocycles. The first-order valence-electron chi connectivity index (χ1n) is 6.25. The summed E-state index contributed by atoms with van der Waals surface area (Å²) in [6.07, 6.45) is 0. The maximum atomic E-state index is 12.3. The monoisotopic (exact) mass is 366 g/mol. The summed E-state index contributed by atoms with van der Waals surface area (Å²) in [6, 6.07) is 12.4. The molecule has 2 rings (SSSR count). The fourth-order valence-electron chi connectivity index (χ4n) is 1.82. The number of hydrogen-bond donors (Lipinski definition) is 2. The van der Waals surface area contributed by atoms with Crippen LogP contribution in [0.3, 0.4) is 0 Å². The molecule has 110 valence electrons. The van der Waals surface area contributed by atoms with Crippen molar-refractivity contribution in [1.82, 2.24) is 0 Å². The molecule has 21 heavy (non-hydrogen) atoms. The van der Waals surface area contributed by atoms with E-state index in [-0.39, 0.29) is 11.7 Å². The molecule has 1 atom stereocenters. The highest BCUT2D eigenvalue weighted by Gasteiger charge is 2.13. The Labute approximate surface area is 134 Å². The fraction of sp³-hybridized carbons (Fsp3) is 0.133. The van der Waals surface area contributed by atoms with Crippen LogP contribution < -0.4 is 11.1 Å². The van der Waals surface area contributed by atoms with E-state index in [4.69, 9.17) is 5.73 Å². The van der Waals surface area contributed by atoms with Crippen molar-refractivity contribution in [2.75, 3.05) is 16.8 Å². The summed E-state index contributed by atoms with van der Waals surface area (Å²) in [5, 5.41) is 2.72. The van der Waals surface area contributed by atoms with Gasteiger partial charge in [0.1, 0.15) is 5.75 Å². The summed E-state index contributed by atoms with van der Waals surface area (Å²) >= 11 is 3.33. The highest BCUT2D eigenvalue weighted by Crippen LogP contribution is 2.18. The molecular formula is C15H15BrN2O2S. The summed E-state index contributed by atoms with van der Waals surface area (Å²) in [7, 11) is -1.42. The van der Waals surface area contributed by atoms with Crippen LogP contribution in [-0.2, 0) is 15.6 Å². The molecule has 3 N–H and O–H groups in total. The second-order valence-electron chi connectivity index (χ2n) is 4.57.